The van der Waals surface area contributed by atoms with Gasteiger partial charge in [-0.25, -0.2) is 0 Å². The third kappa shape index (κ3) is 2.91. The van der Waals surface area contributed by atoms with Crippen LogP contribution in [0.25, 0.3) is 44.2 Å². The van der Waals surface area contributed by atoms with E-state index in [0.717, 1.165) is 25.7 Å². The van der Waals surface area contributed by atoms with Gasteiger partial charge in [0, 0.05) is 0 Å². The topological polar surface area (TPSA) is 0 Å². The first kappa shape index (κ1) is 19.8. The average Bonchev–Trinajstić information content (AvgIpc) is 2.87. The quantitative estimate of drug-likeness (QED) is 0.260. The number of hydrogen-bond donors (Lipinski definition) is 0. The third-order valence-corrected chi connectivity index (χ3v) is 8.06. The number of benzene rings is 5. The molecule has 0 aliphatic heterocycles. The molecule has 34 heavy (non-hydrogen) atoms. The van der Waals surface area contributed by atoms with Crippen LogP contribution < -0.4 is 0 Å². The molecule has 2 aliphatic rings. The first-order valence-corrected chi connectivity index (χ1v) is 12.5. The minimum atomic E-state index is 1.14. The van der Waals surface area contributed by atoms with Crippen molar-refractivity contribution in [1.82, 2.24) is 0 Å². The summed E-state index contributed by atoms with van der Waals surface area (Å²) in [6.45, 7) is 4.48. The first-order chi connectivity index (χ1) is 16.7. The fourth-order valence-corrected chi connectivity index (χ4v) is 6.50. The molecule has 5 aromatic rings. The predicted molar refractivity (Wildman–Crippen MR) is 145 cm³/mol. The summed E-state index contributed by atoms with van der Waals surface area (Å²) in [7, 11) is 0. The lowest BCUT2D eigenvalue weighted by Crippen LogP contribution is -2.14. The van der Waals surface area contributed by atoms with E-state index >= 15 is 0 Å². The second-order valence-electron chi connectivity index (χ2n) is 10.1. The fourth-order valence-electron chi connectivity index (χ4n) is 6.50. The Hall–Kier alpha value is -3.64. The molecule has 0 aromatic heterocycles. The smallest absolute Gasteiger partial charge is 0.00939 e. The molecule has 0 bridgehead atoms. The summed E-state index contributed by atoms with van der Waals surface area (Å²) < 4.78 is 0. The molecule has 0 heteroatoms. The standard InChI is InChI=1S/C34H28/c1-21-7-5-8-22(2)32(21)31-20-29(17-25-9-3-4-12-30(25)31)28-18-26-15-13-23-10-6-11-24-14-16-27(19-28)34(26)33(23)24/h3-12,17-20H,13-16H2,1-2H3. The van der Waals surface area contributed by atoms with Gasteiger partial charge in [-0.1, -0.05) is 72.8 Å². The largest absolute Gasteiger partial charge is 0.0617 e. The molecule has 0 fully saturated rings. The summed E-state index contributed by atoms with van der Waals surface area (Å²) in [6.07, 6.45) is 4.60. The molecule has 7 rings (SSSR count). The Morgan fingerprint density at radius 3 is 1.74 bits per heavy atom. The van der Waals surface area contributed by atoms with Crippen LogP contribution in [0.3, 0.4) is 0 Å². The van der Waals surface area contributed by atoms with Crippen LogP contribution >= 0.6 is 0 Å². The molecule has 0 nitrogen and oxygen atoms in total. The molecule has 2 aliphatic carbocycles. The zero-order valence-electron chi connectivity index (χ0n) is 19.9. The molecule has 5 aromatic carbocycles. The molecule has 0 atom stereocenters. The van der Waals surface area contributed by atoms with E-state index in [1.807, 2.05) is 0 Å². The second kappa shape index (κ2) is 7.43. The van der Waals surface area contributed by atoms with Crippen LogP contribution in [-0.2, 0) is 25.7 Å². The van der Waals surface area contributed by atoms with Crippen molar-refractivity contribution in [2.45, 2.75) is 39.5 Å². The Morgan fingerprint density at radius 2 is 1.03 bits per heavy atom. The van der Waals surface area contributed by atoms with Gasteiger partial charge in [-0.2, -0.15) is 0 Å². The van der Waals surface area contributed by atoms with Gasteiger partial charge < -0.3 is 0 Å². The zero-order chi connectivity index (χ0) is 22.8. The van der Waals surface area contributed by atoms with E-state index in [4.69, 9.17) is 0 Å². The highest BCUT2D eigenvalue weighted by atomic mass is 14.3. The summed E-state index contributed by atoms with van der Waals surface area (Å²) in [5.41, 5.74) is 17.4. The number of aryl methyl sites for hydroxylation is 6. The van der Waals surface area contributed by atoms with Crippen LogP contribution in [0.4, 0.5) is 0 Å². The van der Waals surface area contributed by atoms with E-state index in [9.17, 15) is 0 Å². The zero-order valence-corrected chi connectivity index (χ0v) is 19.9. The Kier molecular flexibility index (Phi) is 4.33. The SMILES string of the molecule is Cc1cccc(C)c1-c1cc(-c2cc3c4c(c2)CCc2cccc(c2-4)CC3)cc2ccccc12. The Morgan fingerprint density at radius 1 is 0.471 bits per heavy atom. The monoisotopic (exact) mass is 436 g/mol. The minimum Gasteiger partial charge on any atom is -0.0617 e. The highest BCUT2D eigenvalue weighted by molar-refractivity contribution is 6.01. The van der Waals surface area contributed by atoms with Crippen molar-refractivity contribution in [2.75, 3.05) is 0 Å². The van der Waals surface area contributed by atoms with Gasteiger partial charge in [0.2, 0.25) is 0 Å². The van der Waals surface area contributed by atoms with Crippen LogP contribution in [0.1, 0.15) is 33.4 Å². The van der Waals surface area contributed by atoms with Crippen molar-refractivity contribution in [3.63, 3.8) is 0 Å². The lowest BCUT2D eigenvalue weighted by atomic mass is 9.74. The van der Waals surface area contributed by atoms with E-state index in [1.54, 1.807) is 22.3 Å². The Labute approximate surface area is 201 Å². The van der Waals surface area contributed by atoms with Crippen molar-refractivity contribution in [3.05, 3.63) is 118 Å². The van der Waals surface area contributed by atoms with E-state index in [2.05, 4.69) is 98.8 Å². The maximum Gasteiger partial charge on any atom is -0.00939 e. The maximum atomic E-state index is 2.49. The van der Waals surface area contributed by atoms with E-state index in [0.29, 0.717) is 0 Å². The summed E-state index contributed by atoms with van der Waals surface area (Å²) in [6, 6.07) is 32.2. The van der Waals surface area contributed by atoms with Gasteiger partial charge in [0.05, 0.1) is 0 Å². The second-order valence-corrected chi connectivity index (χ2v) is 10.1. The average molecular weight is 437 g/mol. The Bertz CT molecular complexity index is 1550. The maximum absolute atomic E-state index is 2.49. The van der Waals surface area contributed by atoms with Crippen molar-refractivity contribution in [3.8, 4) is 33.4 Å². The molecule has 164 valence electrons. The van der Waals surface area contributed by atoms with Crippen LogP contribution in [-0.4, -0.2) is 0 Å². The lowest BCUT2D eigenvalue weighted by molar-refractivity contribution is 0.877. The molecule has 0 unspecified atom stereocenters. The van der Waals surface area contributed by atoms with Gasteiger partial charge >= 0.3 is 0 Å². The molecule has 0 saturated carbocycles. The van der Waals surface area contributed by atoms with Gasteiger partial charge in [-0.3, -0.25) is 0 Å². The first-order valence-electron chi connectivity index (χ1n) is 12.5. The van der Waals surface area contributed by atoms with Gasteiger partial charge in [0.25, 0.3) is 0 Å². The van der Waals surface area contributed by atoms with E-state index in [-0.39, 0.29) is 0 Å². The van der Waals surface area contributed by atoms with Crippen LogP contribution in [0.15, 0.2) is 84.9 Å². The lowest BCUT2D eigenvalue weighted by Gasteiger charge is -2.30. The van der Waals surface area contributed by atoms with Crippen molar-refractivity contribution in [1.29, 1.82) is 0 Å². The van der Waals surface area contributed by atoms with Gasteiger partial charge in [0.15, 0.2) is 0 Å². The minimum absolute atomic E-state index is 1.14. The van der Waals surface area contributed by atoms with Gasteiger partial charge in [-0.15, -0.1) is 0 Å². The van der Waals surface area contributed by atoms with Crippen molar-refractivity contribution in [2.24, 2.45) is 0 Å². The highest BCUT2D eigenvalue weighted by Crippen LogP contribution is 2.45. The summed E-state index contributed by atoms with van der Waals surface area (Å²) in [5, 5.41) is 2.65. The predicted octanol–water partition coefficient (Wildman–Crippen LogP) is 8.65. The van der Waals surface area contributed by atoms with Crippen molar-refractivity contribution < 1.29 is 0 Å². The van der Waals surface area contributed by atoms with E-state index in [1.165, 1.54) is 55.3 Å². The van der Waals surface area contributed by atoms with Crippen LogP contribution in [0.2, 0.25) is 0 Å². The fraction of sp³-hybridized carbons (Fsp3) is 0.176. The molecular formula is C34H28. The summed E-state index contributed by atoms with van der Waals surface area (Å²) >= 11 is 0. The van der Waals surface area contributed by atoms with Crippen molar-refractivity contribution >= 4 is 10.8 Å². The molecule has 0 radical (unpaired) electrons. The van der Waals surface area contributed by atoms with E-state index < -0.39 is 0 Å². The van der Waals surface area contributed by atoms with Gasteiger partial charge in [0.1, 0.15) is 0 Å². The number of fused-ring (bicyclic) bond motifs is 1. The van der Waals surface area contributed by atoms with Gasteiger partial charge in [-0.05, 0) is 129 Å². The van der Waals surface area contributed by atoms with Crippen LogP contribution in [0, 0.1) is 13.8 Å². The molecule has 0 N–H and O–H groups in total. The number of hydrogen-bond acceptors (Lipinski definition) is 0. The third-order valence-electron chi connectivity index (χ3n) is 8.06. The molecular weight excluding hydrogens is 408 g/mol. The Balaban J connectivity index is 1.48. The summed E-state index contributed by atoms with van der Waals surface area (Å²) in [4.78, 5) is 0. The molecule has 0 spiro atoms. The number of rotatable bonds is 2. The highest BCUT2D eigenvalue weighted by Gasteiger charge is 2.26. The molecule has 0 saturated heterocycles. The molecule has 0 heterocycles. The van der Waals surface area contributed by atoms with Crippen LogP contribution in [0.5, 0.6) is 0 Å². The molecule has 0 amide bonds. The summed E-state index contributed by atoms with van der Waals surface area (Å²) in [5.74, 6) is 0. The normalized spacial score (nSPS) is 13.7.